The predicted molar refractivity (Wildman–Crippen MR) is 53.6 cm³/mol. The second-order valence-electron chi connectivity index (χ2n) is 3.98. The number of esters is 1. The van der Waals surface area contributed by atoms with E-state index in [1.165, 1.54) is 5.57 Å². The van der Waals surface area contributed by atoms with E-state index in [-0.39, 0.29) is 5.97 Å². The van der Waals surface area contributed by atoms with Gasteiger partial charge in [-0.3, -0.25) is 0 Å². The Hall–Kier alpha value is -1.77. The van der Waals surface area contributed by atoms with Crippen LogP contribution in [-0.4, -0.2) is 12.6 Å². The average Bonchev–Trinajstić information content (AvgIpc) is 2.76. The third-order valence-corrected chi connectivity index (χ3v) is 2.78. The van der Waals surface area contributed by atoms with Gasteiger partial charge < -0.3 is 9.47 Å². The first-order valence-corrected chi connectivity index (χ1v) is 4.85. The molecule has 0 N–H and O–H groups in total. The largest absolute Gasteiger partial charge is 0.485 e. The van der Waals surface area contributed by atoms with Crippen molar-refractivity contribution in [3.05, 3.63) is 46.5 Å². The number of carbonyl (C=O) groups excluding carboxylic acids is 1. The van der Waals surface area contributed by atoms with Crippen LogP contribution in [0.15, 0.2) is 46.5 Å². The number of hydrogen-bond donors (Lipinski definition) is 0. The summed E-state index contributed by atoms with van der Waals surface area (Å²) in [5.41, 5.74) is 3.88. The predicted octanol–water partition coefficient (Wildman–Crippen LogP) is 1.99. The molecule has 2 bridgehead atoms. The summed E-state index contributed by atoms with van der Waals surface area (Å²) in [6, 6.07) is 0. The molecule has 0 fully saturated rings. The van der Waals surface area contributed by atoms with E-state index in [1.54, 1.807) is 6.92 Å². The quantitative estimate of drug-likeness (QED) is 0.507. The van der Waals surface area contributed by atoms with E-state index in [0.717, 1.165) is 23.3 Å². The highest BCUT2D eigenvalue weighted by atomic mass is 16.6. The molecular formula is C12H10O3. The van der Waals surface area contributed by atoms with E-state index in [4.69, 9.17) is 9.47 Å². The molecule has 2 aliphatic carbocycles. The Bertz CT molecular complexity index is 489. The summed E-state index contributed by atoms with van der Waals surface area (Å²) in [7, 11) is 0. The maximum Gasteiger partial charge on any atom is 0.338 e. The minimum Gasteiger partial charge on any atom is -0.485 e. The summed E-state index contributed by atoms with van der Waals surface area (Å²) < 4.78 is 10.7. The number of rotatable bonds is 2. The fraction of sp³-hybridized carbons (Fsp3) is 0.250. The molecule has 0 saturated heterocycles. The van der Waals surface area contributed by atoms with Gasteiger partial charge in [-0.2, -0.15) is 0 Å². The van der Waals surface area contributed by atoms with Gasteiger partial charge in [-0.25, -0.2) is 4.79 Å². The summed E-state index contributed by atoms with van der Waals surface area (Å²) in [6.45, 7) is 5.82. The molecule has 0 aromatic rings. The molecule has 0 aromatic carbocycles. The Kier molecular flexibility index (Phi) is 1.49. The molecular weight excluding hydrogens is 192 g/mol. The van der Waals surface area contributed by atoms with Crippen molar-refractivity contribution in [3.63, 3.8) is 0 Å². The molecule has 0 radical (unpaired) electrons. The van der Waals surface area contributed by atoms with Gasteiger partial charge in [-0.15, -0.1) is 0 Å². The third-order valence-electron chi connectivity index (χ3n) is 2.78. The zero-order valence-electron chi connectivity index (χ0n) is 8.42. The summed E-state index contributed by atoms with van der Waals surface area (Å²) in [6.07, 6.45) is 2.90. The molecule has 0 amide bonds. The van der Waals surface area contributed by atoms with Crippen molar-refractivity contribution in [1.29, 1.82) is 0 Å². The highest BCUT2D eigenvalue weighted by Gasteiger charge is 2.39. The highest BCUT2D eigenvalue weighted by Crippen LogP contribution is 2.48. The fourth-order valence-corrected chi connectivity index (χ4v) is 2.02. The normalized spacial score (nSPS) is 20.7. The molecule has 3 heteroatoms. The Morgan fingerprint density at radius 1 is 1.60 bits per heavy atom. The van der Waals surface area contributed by atoms with Gasteiger partial charge in [0.1, 0.15) is 6.61 Å². The van der Waals surface area contributed by atoms with Crippen LogP contribution in [0.1, 0.15) is 13.3 Å². The van der Waals surface area contributed by atoms with Crippen LogP contribution in [0.2, 0.25) is 0 Å². The van der Waals surface area contributed by atoms with Crippen LogP contribution in [0.5, 0.6) is 0 Å². The zero-order chi connectivity index (χ0) is 10.6. The maximum absolute atomic E-state index is 11.4. The Labute approximate surface area is 87.4 Å². The smallest absolute Gasteiger partial charge is 0.338 e. The van der Waals surface area contributed by atoms with Crippen molar-refractivity contribution < 1.29 is 14.3 Å². The van der Waals surface area contributed by atoms with Crippen LogP contribution < -0.4 is 0 Å². The van der Waals surface area contributed by atoms with Crippen molar-refractivity contribution in [2.75, 3.05) is 6.61 Å². The summed E-state index contributed by atoms with van der Waals surface area (Å²) >= 11 is 0. The van der Waals surface area contributed by atoms with Crippen LogP contribution in [0.3, 0.4) is 0 Å². The van der Waals surface area contributed by atoms with Gasteiger partial charge in [0, 0.05) is 23.1 Å². The van der Waals surface area contributed by atoms with Crippen molar-refractivity contribution in [2.24, 2.45) is 0 Å². The fourth-order valence-electron chi connectivity index (χ4n) is 2.02. The Morgan fingerprint density at radius 2 is 2.40 bits per heavy atom. The van der Waals surface area contributed by atoms with Gasteiger partial charge in [0.25, 0.3) is 0 Å². The van der Waals surface area contributed by atoms with Crippen molar-refractivity contribution in [3.8, 4) is 0 Å². The zero-order valence-corrected chi connectivity index (χ0v) is 8.42. The lowest BCUT2D eigenvalue weighted by Crippen LogP contribution is -2.07. The monoisotopic (exact) mass is 202 g/mol. The second-order valence-corrected chi connectivity index (χ2v) is 3.98. The highest BCUT2D eigenvalue weighted by molar-refractivity contribution is 5.88. The number of allylic oxidation sites excluding steroid dienone is 2. The standard InChI is InChI=1S/C12H10O3/c1-6(2)12(13)15-10-7-3-8-5-14-11(10)9(8)4-7/h4H,1,3,5H2,2H3. The topological polar surface area (TPSA) is 35.5 Å². The minimum absolute atomic E-state index is 0.386. The van der Waals surface area contributed by atoms with E-state index in [2.05, 4.69) is 6.58 Å². The van der Waals surface area contributed by atoms with E-state index in [9.17, 15) is 4.79 Å². The van der Waals surface area contributed by atoms with E-state index in [0.29, 0.717) is 17.9 Å². The molecule has 3 aliphatic rings. The molecule has 76 valence electrons. The minimum atomic E-state index is -0.386. The second kappa shape index (κ2) is 2.63. The summed E-state index contributed by atoms with van der Waals surface area (Å²) in [5, 5.41) is 0. The molecule has 0 atom stereocenters. The molecule has 0 spiro atoms. The van der Waals surface area contributed by atoms with Crippen LogP contribution in [0, 0.1) is 0 Å². The molecule has 0 unspecified atom stereocenters. The van der Waals surface area contributed by atoms with Gasteiger partial charge in [-0.05, 0) is 18.6 Å². The van der Waals surface area contributed by atoms with Crippen LogP contribution in [0.4, 0.5) is 0 Å². The van der Waals surface area contributed by atoms with Crippen LogP contribution in [-0.2, 0) is 14.3 Å². The number of hydrogen-bond acceptors (Lipinski definition) is 3. The van der Waals surface area contributed by atoms with Crippen molar-refractivity contribution in [2.45, 2.75) is 13.3 Å². The first-order chi connectivity index (χ1) is 7.16. The van der Waals surface area contributed by atoms with Crippen molar-refractivity contribution in [1.82, 2.24) is 0 Å². The summed E-state index contributed by atoms with van der Waals surface area (Å²) in [4.78, 5) is 11.4. The Balaban J connectivity index is 1.93. The molecule has 0 aromatic heterocycles. The first-order valence-electron chi connectivity index (χ1n) is 4.85. The van der Waals surface area contributed by atoms with Gasteiger partial charge in [-0.1, -0.05) is 6.58 Å². The SMILES string of the molecule is C=C(C)C(=O)OC1=C2OCC3=C2C=C1C3. The molecule has 1 heterocycles. The Morgan fingerprint density at radius 3 is 3.13 bits per heavy atom. The van der Waals surface area contributed by atoms with Gasteiger partial charge >= 0.3 is 5.97 Å². The van der Waals surface area contributed by atoms with E-state index in [1.807, 2.05) is 6.08 Å². The molecule has 0 saturated carbocycles. The van der Waals surface area contributed by atoms with Crippen LogP contribution >= 0.6 is 0 Å². The lowest BCUT2D eigenvalue weighted by Gasteiger charge is -2.10. The average molecular weight is 202 g/mol. The van der Waals surface area contributed by atoms with Crippen LogP contribution in [0.25, 0.3) is 0 Å². The lowest BCUT2D eigenvalue weighted by atomic mass is 10.1. The lowest BCUT2D eigenvalue weighted by molar-refractivity contribution is -0.134. The summed E-state index contributed by atoms with van der Waals surface area (Å²) in [5.74, 6) is 0.948. The molecule has 3 rings (SSSR count). The number of ether oxygens (including phenoxy) is 2. The first kappa shape index (κ1) is 8.53. The van der Waals surface area contributed by atoms with E-state index < -0.39 is 0 Å². The molecule has 1 aliphatic heterocycles. The molecule has 3 nitrogen and oxygen atoms in total. The molecule has 15 heavy (non-hydrogen) atoms. The number of carbonyl (C=O) groups is 1. The maximum atomic E-state index is 11.4. The van der Waals surface area contributed by atoms with Crippen molar-refractivity contribution >= 4 is 5.97 Å². The van der Waals surface area contributed by atoms with Gasteiger partial charge in [0.05, 0.1) is 0 Å². The van der Waals surface area contributed by atoms with Gasteiger partial charge in [0.15, 0.2) is 11.5 Å². The van der Waals surface area contributed by atoms with E-state index >= 15 is 0 Å². The van der Waals surface area contributed by atoms with Gasteiger partial charge in [0.2, 0.25) is 0 Å². The third kappa shape index (κ3) is 1.03.